The van der Waals surface area contributed by atoms with Gasteiger partial charge in [-0.3, -0.25) is 9.59 Å². The molecule has 1 atom stereocenters. The molecule has 2 N–H and O–H groups in total. The number of aliphatic hydroxyl groups is 1. The van der Waals surface area contributed by atoms with Crippen molar-refractivity contribution >= 4 is 18.0 Å². The van der Waals surface area contributed by atoms with Gasteiger partial charge in [-0.2, -0.15) is 0 Å². The maximum Gasteiger partial charge on any atom is 0.303 e. The largest absolute Gasteiger partial charge is 0.497 e. The van der Waals surface area contributed by atoms with E-state index in [1.54, 1.807) is 26.1 Å². The van der Waals surface area contributed by atoms with Crippen LogP contribution in [0.25, 0.3) is 6.08 Å². The van der Waals surface area contributed by atoms with Gasteiger partial charge in [0.2, 0.25) is 5.91 Å². The Kier molecular flexibility index (Phi) is 12.6. The van der Waals surface area contributed by atoms with Crippen LogP contribution in [-0.4, -0.2) is 54.8 Å². The summed E-state index contributed by atoms with van der Waals surface area (Å²) in [6.45, 7) is 0.533. The van der Waals surface area contributed by atoms with Crippen LogP contribution in [0.4, 0.5) is 0 Å². The molecule has 196 valence electrons. The fraction of sp³-hybridized carbons (Fsp3) is 0.448. The SMILES string of the molecule is COc1ccc(/C=C/CCCCOc2ccc(C(O)CCCC(=O)N(C)C)cc2CCC(=O)O)cc1. The molecule has 0 saturated carbocycles. The van der Waals surface area contributed by atoms with Crippen molar-refractivity contribution < 1.29 is 29.3 Å². The van der Waals surface area contributed by atoms with Crippen LogP contribution in [0.15, 0.2) is 48.5 Å². The molecule has 7 heteroatoms. The highest BCUT2D eigenvalue weighted by Crippen LogP contribution is 2.27. The zero-order valence-electron chi connectivity index (χ0n) is 21.6. The lowest BCUT2D eigenvalue weighted by Gasteiger charge is -2.16. The number of hydrogen-bond acceptors (Lipinski definition) is 5. The van der Waals surface area contributed by atoms with Gasteiger partial charge in [-0.05, 0) is 79.5 Å². The number of methoxy groups -OCH3 is 1. The predicted molar refractivity (Wildman–Crippen MR) is 141 cm³/mol. The van der Waals surface area contributed by atoms with Crippen LogP contribution >= 0.6 is 0 Å². The molecule has 0 fully saturated rings. The van der Waals surface area contributed by atoms with Gasteiger partial charge in [0.15, 0.2) is 0 Å². The number of aliphatic carboxylic acids is 1. The molecule has 0 aromatic heterocycles. The van der Waals surface area contributed by atoms with E-state index in [4.69, 9.17) is 14.6 Å². The quantitative estimate of drug-likeness (QED) is 0.307. The molecular formula is C29H39NO6. The zero-order chi connectivity index (χ0) is 26.3. The van der Waals surface area contributed by atoms with Gasteiger partial charge in [0, 0.05) is 26.9 Å². The van der Waals surface area contributed by atoms with Gasteiger partial charge >= 0.3 is 5.97 Å². The second-order valence-corrected chi connectivity index (χ2v) is 8.98. The topological polar surface area (TPSA) is 96.3 Å². The standard InChI is InChI=1S/C29H39NO6/c1-30(2)28(32)11-8-10-26(31)23-14-18-27(24(21-23)15-19-29(33)34)36-20-7-5-4-6-9-22-12-16-25(35-3)17-13-22/h6,9,12-14,16-18,21,26,31H,4-5,7-8,10-11,15,19-20H2,1-3H3,(H,33,34)/b9-6+. The van der Waals surface area contributed by atoms with Gasteiger partial charge in [0.1, 0.15) is 11.5 Å². The molecule has 0 heterocycles. The van der Waals surface area contributed by atoms with Gasteiger partial charge in [0.05, 0.1) is 19.8 Å². The third-order valence-electron chi connectivity index (χ3n) is 5.89. The van der Waals surface area contributed by atoms with Crippen LogP contribution in [0.1, 0.15) is 67.7 Å². The van der Waals surface area contributed by atoms with Gasteiger partial charge < -0.3 is 24.6 Å². The Bertz CT molecular complexity index is 984. The minimum Gasteiger partial charge on any atom is -0.497 e. The number of benzene rings is 2. The summed E-state index contributed by atoms with van der Waals surface area (Å²) < 4.78 is 11.1. The number of rotatable bonds is 16. The van der Waals surface area contributed by atoms with Crippen molar-refractivity contribution in [2.45, 2.75) is 57.5 Å². The fourth-order valence-corrected chi connectivity index (χ4v) is 3.70. The maximum absolute atomic E-state index is 11.7. The molecule has 0 spiro atoms. The van der Waals surface area contributed by atoms with E-state index in [1.165, 1.54) is 0 Å². The van der Waals surface area contributed by atoms with Crippen LogP contribution in [0, 0.1) is 0 Å². The summed E-state index contributed by atoms with van der Waals surface area (Å²) in [5.41, 5.74) is 2.61. The fourth-order valence-electron chi connectivity index (χ4n) is 3.70. The molecule has 1 unspecified atom stereocenters. The summed E-state index contributed by atoms with van der Waals surface area (Å²) in [5, 5.41) is 19.7. The average molecular weight is 498 g/mol. The third kappa shape index (κ3) is 10.5. The summed E-state index contributed by atoms with van der Waals surface area (Å²) in [5.74, 6) is 0.650. The smallest absolute Gasteiger partial charge is 0.303 e. The molecule has 36 heavy (non-hydrogen) atoms. The molecule has 1 amide bonds. The van der Waals surface area contributed by atoms with E-state index in [2.05, 4.69) is 12.2 Å². The van der Waals surface area contributed by atoms with Crippen LogP contribution in [-0.2, 0) is 16.0 Å². The number of nitrogens with zero attached hydrogens (tertiary/aromatic N) is 1. The molecular weight excluding hydrogens is 458 g/mol. The molecule has 0 bridgehead atoms. The molecule has 0 radical (unpaired) electrons. The summed E-state index contributed by atoms with van der Waals surface area (Å²) in [6.07, 6.45) is 8.03. The van der Waals surface area contributed by atoms with Crippen LogP contribution < -0.4 is 9.47 Å². The highest BCUT2D eigenvalue weighted by Gasteiger charge is 2.14. The number of unbranched alkanes of at least 4 members (excludes halogenated alkanes) is 2. The number of carboxylic acids is 1. The van der Waals surface area contributed by atoms with Crippen LogP contribution in [0.5, 0.6) is 11.5 Å². The number of carbonyl (C=O) groups is 2. The van der Waals surface area contributed by atoms with Crippen LogP contribution in [0.3, 0.4) is 0 Å². The van der Waals surface area contributed by atoms with E-state index in [9.17, 15) is 14.7 Å². The van der Waals surface area contributed by atoms with Crippen molar-refractivity contribution in [3.05, 3.63) is 65.2 Å². The number of carbonyl (C=O) groups excluding carboxylic acids is 1. The Hall–Kier alpha value is -3.32. The number of hydrogen-bond donors (Lipinski definition) is 2. The number of carboxylic acid groups (broad SMARTS) is 1. The van der Waals surface area contributed by atoms with Crippen molar-refractivity contribution in [3.63, 3.8) is 0 Å². The Morgan fingerprint density at radius 2 is 1.78 bits per heavy atom. The molecule has 2 aromatic carbocycles. The van der Waals surface area contributed by atoms with Crippen LogP contribution in [0.2, 0.25) is 0 Å². The highest BCUT2D eigenvalue weighted by molar-refractivity contribution is 5.75. The normalized spacial score (nSPS) is 11.9. The van der Waals surface area contributed by atoms with E-state index >= 15 is 0 Å². The van der Waals surface area contributed by atoms with E-state index < -0.39 is 12.1 Å². The molecule has 2 rings (SSSR count). The minimum absolute atomic E-state index is 0.0105. The molecule has 7 nitrogen and oxygen atoms in total. The molecule has 0 aliphatic rings. The number of aryl methyl sites for hydroxylation is 1. The lowest BCUT2D eigenvalue weighted by molar-refractivity contribution is -0.137. The van der Waals surface area contributed by atoms with E-state index in [-0.39, 0.29) is 12.3 Å². The predicted octanol–water partition coefficient (Wildman–Crippen LogP) is 5.27. The van der Waals surface area contributed by atoms with Gasteiger partial charge in [-0.25, -0.2) is 0 Å². The van der Waals surface area contributed by atoms with E-state index in [0.29, 0.717) is 43.6 Å². The monoisotopic (exact) mass is 497 g/mol. The van der Waals surface area contributed by atoms with Crippen molar-refractivity contribution in [1.82, 2.24) is 4.90 Å². The first-order valence-electron chi connectivity index (χ1n) is 12.5. The first-order chi connectivity index (χ1) is 17.3. The Morgan fingerprint density at radius 3 is 2.44 bits per heavy atom. The molecule has 0 aliphatic carbocycles. The maximum atomic E-state index is 11.7. The lowest BCUT2D eigenvalue weighted by atomic mass is 9.99. The van der Waals surface area contributed by atoms with Gasteiger partial charge in [0.25, 0.3) is 0 Å². The number of amides is 1. The minimum atomic E-state index is -0.877. The second kappa shape index (κ2) is 15.6. The zero-order valence-corrected chi connectivity index (χ0v) is 21.6. The number of allylic oxidation sites excluding steroid dienone is 1. The van der Waals surface area contributed by atoms with E-state index in [1.807, 2.05) is 42.5 Å². The first kappa shape index (κ1) is 28.9. The molecule has 0 aliphatic heterocycles. The number of ether oxygens (including phenoxy) is 2. The Balaban J connectivity index is 1.84. The van der Waals surface area contributed by atoms with Crippen molar-refractivity contribution in [2.24, 2.45) is 0 Å². The molecule has 0 saturated heterocycles. The van der Waals surface area contributed by atoms with Gasteiger partial charge in [-0.15, -0.1) is 0 Å². The summed E-state index contributed by atoms with van der Waals surface area (Å²) in [6, 6.07) is 13.4. The van der Waals surface area contributed by atoms with Crippen molar-refractivity contribution in [3.8, 4) is 11.5 Å². The Morgan fingerprint density at radius 1 is 1.03 bits per heavy atom. The third-order valence-corrected chi connectivity index (χ3v) is 5.89. The first-order valence-corrected chi connectivity index (χ1v) is 12.5. The highest BCUT2D eigenvalue weighted by atomic mass is 16.5. The van der Waals surface area contributed by atoms with Crippen molar-refractivity contribution in [2.75, 3.05) is 27.8 Å². The second-order valence-electron chi connectivity index (χ2n) is 8.98. The van der Waals surface area contributed by atoms with E-state index in [0.717, 1.165) is 36.1 Å². The van der Waals surface area contributed by atoms with Gasteiger partial charge in [-0.1, -0.05) is 30.4 Å². The summed E-state index contributed by atoms with van der Waals surface area (Å²) in [4.78, 5) is 24.4. The molecule has 2 aromatic rings. The number of aliphatic hydroxyl groups excluding tert-OH is 1. The summed E-state index contributed by atoms with van der Waals surface area (Å²) in [7, 11) is 5.08. The summed E-state index contributed by atoms with van der Waals surface area (Å²) >= 11 is 0. The lowest BCUT2D eigenvalue weighted by Crippen LogP contribution is -2.21. The average Bonchev–Trinajstić information content (AvgIpc) is 2.87. The van der Waals surface area contributed by atoms with Crippen molar-refractivity contribution in [1.29, 1.82) is 0 Å². The Labute approximate surface area is 214 Å².